The van der Waals surface area contributed by atoms with Crippen LogP contribution in [0.3, 0.4) is 0 Å². The number of benzene rings is 3. The van der Waals surface area contributed by atoms with Gasteiger partial charge in [0, 0.05) is 16.0 Å². The molecule has 4 rings (SSSR count). The normalized spacial score (nSPS) is 19.1. The molecule has 0 spiro atoms. The van der Waals surface area contributed by atoms with Gasteiger partial charge < -0.3 is 0 Å². The molecule has 164 valence electrons. The van der Waals surface area contributed by atoms with E-state index in [1.165, 1.54) is 63.4 Å². The summed E-state index contributed by atoms with van der Waals surface area (Å²) < 4.78 is 15.2. The van der Waals surface area contributed by atoms with Gasteiger partial charge in [0.2, 0.25) is 0 Å². The lowest BCUT2D eigenvalue weighted by molar-refractivity contribution is 0.249. The summed E-state index contributed by atoms with van der Waals surface area (Å²) in [5.74, 6) is 1.69. The number of rotatable bonds is 8. The van der Waals surface area contributed by atoms with Crippen molar-refractivity contribution in [2.75, 3.05) is 0 Å². The van der Waals surface area contributed by atoms with Crippen molar-refractivity contribution >= 4 is 22.4 Å². The highest BCUT2D eigenvalue weighted by atomic mass is 35.5. The Morgan fingerprint density at radius 3 is 2.26 bits per heavy atom. The van der Waals surface area contributed by atoms with Crippen LogP contribution in [0.2, 0.25) is 5.02 Å². The summed E-state index contributed by atoms with van der Waals surface area (Å²) >= 11 is 5.98. The van der Waals surface area contributed by atoms with Crippen molar-refractivity contribution in [2.45, 2.75) is 71.1 Å². The Kier molecular flexibility index (Phi) is 7.67. The lowest BCUT2D eigenvalue weighted by Crippen LogP contribution is -2.15. The average Bonchev–Trinajstić information content (AvgIpc) is 2.80. The molecule has 0 atom stereocenters. The summed E-state index contributed by atoms with van der Waals surface area (Å²) in [7, 11) is 0. The van der Waals surface area contributed by atoms with E-state index in [-0.39, 0.29) is 5.82 Å². The van der Waals surface area contributed by atoms with Crippen LogP contribution >= 0.6 is 11.6 Å². The number of halogens is 2. The average molecular weight is 437 g/mol. The number of fused-ring (bicyclic) bond motifs is 1. The van der Waals surface area contributed by atoms with Crippen molar-refractivity contribution in [1.29, 1.82) is 0 Å². The maximum atomic E-state index is 15.2. The topological polar surface area (TPSA) is 0 Å². The van der Waals surface area contributed by atoms with Crippen LogP contribution in [0.25, 0.3) is 21.9 Å². The van der Waals surface area contributed by atoms with Gasteiger partial charge in [-0.25, -0.2) is 4.39 Å². The van der Waals surface area contributed by atoms with E-state index in [1.54, 1.807) is 0 Å². The minimum atomic E-state index is -0.146. The molecule has 0 radical (unpaired) electrons. The van der Waals surface area contributed by atoms with Crippen LogP contribution in [0.5, 0.6) is 0 Å². The molecule has 0 amide bonds. The Hall–Kier alpha value is -1.86. The summed E-state index contributed by atoms with van der Waals surface area (Å²) in [4.78, 5) is 0. The van der Waals surface area contributed by atoms with Crippen molar-refractivity contribution in [1.82, 2.24) is 0 Å². The fraction of sp³-hybridized carbons (Fsp3) is 0.448. The lowest BCUT2D eigenvalue weighted by Gasteiger charge is -2.28. The van der Waals surface area contributed by atoms with E-state index < -0.39 is 0 Å². The van der Waals surface area contributed by atoms with Gasteiger partial charge in [-0.1, -0.05) is 112 Å². The van der Waals surface area contributed by atoms with Crippen molar-refractivity contribution in [3.05, 3.63) is 71.0 Å². The Morgan fingerprint density at radius 1 is 0.839 bits per heavy atom. The quantitative estimate of drug-likeness (QED) is 0.308. The minimum absolute atomic E-state index is 0.146. The summed E-state index contributed by atoms with van der Waals surface area (Å²) in [6.07, 6.45) is 13.6. The molecule has 1 aliphatic rings. The van der Waals surface area contributed by atoms with Crippen LogP contribution in [0.4, 0.5) is 4.39 Å². The summed E-state index contributed by atoms with van der Waals surface area (Å²) in [5, 5.41) is 2.36. The largest absolute Gasteiger partial charge is 0.206 e. The van der Waals surface area contributed by atoms with E-state index in [4.69, 9.17) is 11.6 Å². The molecule has 0 nitrogen and oxygen atoms in total. The zero-order chi connectivity index (χ0) is 21.6. The van der Waals surface area contributed by atoms with E-state index in [1.807, 2.05) is 42.5 Å². The molecular weight excluding hydrogens is 403 g/mol. The van der Waals surface area contributed by atoms with E-state index in [9.17, 15) is 0 Å². The highest BCUT2D eigenvalue weighted by Gasteiger charge is 2.20. The molecule has 0 N–H and O–H groups in total. The SMILES string of the molecule is CCCCC[C@H]1CC[C@H](CCc2ccc3c(F)c(-c4ccc(Cl)cc4)ccc3c2)CC1. The molecular formula is C29H34ClF. The van der Waals surface area contributed by atoms with Gasteiger partial charge in [-0.3, -0.25) is 0 Å². The Labute approximate surface area is 191 Å². The summed E-state index contributed by atoms with van der Waals surface area (Å²) in [6, 6.07) is 17.6. The molecule has 1 aliphatic carbocycles. The van der Waals surface area contributed by atoms with Gasteiger partial charge in [-0.2, -0.15) is 0 Å². The van der Waals surface area contributed by atoms with Gasteiger partial charge in [0.15, 0.2) is 0 Å². The first kappa shape index (κ1) is 22.3. The van der Waals surface area contributed by atoms with Crippen LogP contribution in [-0.4, -0.2) is 0 Å². The zero-order valence-corrected chi connectivity index (χ0v) is 19.4. The third kappa shape index (κ3) is 5.69. The molecule has 0 saturated heterocycles. The van der Waals surface area contributed by atoms with Gasteiger partial charge in [-0.15, -0.1) is 0 Å². The van der Waals surface area contributed by atoms with Gasteiger partial charge in [-0.05, 0) is 53.3 Å². The molecule has 0 unspecified atom stereocenters. The Balaban J connectivity index is 1.37. The first-order chi connectivity index (χ1) is 15.1. The molecule has 3 aromatic carbocycles. The molecule has 3 aromatic rings. The molecule has 0 bridgehead atoms. The monoisotopic (exact) mass is 436 g/mol. The van der Waals surface area contributed by atoms with Crippen molar-refractivity contribution < 1.29 is 4.39 Å². The molecule has 31 heavy (non-hydrogen) atoms. The predicted octanol–water partition coefficient (Wildman–Crippen LogP) is 9.62. The fourth-order valence-corrected chi connectivity index (χ4v) is 5.34. The third-order valence-corrected chi connectivity index (χ3v) is 7.45. The summed E-state index contributed by atoms with van der Waals surface area (Å²) in [5.41, 5.74) is 2.82. The standard InChI is InChI=1S/C29H34ClF/c1-2-3-4-5-21-6-8-22(9-7-21)10-11-23-12-18-28-25(20-23)15-19-27(29(28)31)24-13-16-26(30)17-14-24/h12-22H,2-11H2,1H3/t21-,22-. The third-order valence-electron chi connectivity index (χ3n) is 7.20. The number of aryl methyl sites for hydroxylation is 1. The van der Waals surface area contributed by atoms with E-state index >= 15 is 4.39 Å². The lowest BCUT2D eigenvalue weighted by atomic mass is 9.77. The molecule has 2 heteroatoms. The smallest absolute Gasteiger partial charge is 0.138 e. The van der Waals surface area contributed by atoms with Gasteiger partial charge >= 0.3 is 0 Å². The maximum absolute atomic E-state index is 15.2. The fourth-order valence-electron chi connectivity index (χ4n) is 5.21. The minimum Gasteiger partial charge on any atom is -0.206 e. The van der Waals surface area contributed by atoms with Crippen molar-refractivity contribution in [3.8, 4) is 11.1 Å². The van der Waals surface area contributed by atoms with Crippen LogP contribution in [0.1, 0.15) is 70.3 Å². The summed E-state index contributed by atoms with van der Waals surface area (Å²) in [6.45, 7) is 2.29. The first-order valence-electron chi connectivity index (χ1n) is 12.1. The molecule has 0 heterocycles. The van der Waals surface area contributed by atoms with E-state index in [2.05, 4.69) is 19.1 Å². The molecule has 1 fully saturated rings. The first-order valence-corrected chi connectivity index (χ1v) is 12.5. The Morgan fingerprint density at radius 2 is 1.55 bits per heavy atom. The second kappa shape index (κ2) is 10.6. The highest BCUT2D eigenvalue weighted by Crippen LogP contribution is 2.35. The molecule has 1 saturated carbocycles. The predicted molar refractivity (Wildman–Crippen MR) is 132 cm³/mol. The second-order valence-corrected chi connectivity index (χ2v) is 9.85. The molecule has 0 aliphatic heterocycles. The Bertz CT molecular complexity index is 984. The maximum Gasteiger partial charge on any atom is 0.138 e. The van der Waals surface area contributed by atoms with Crippen molar-refractivity contribution in [2.24, 2.45) is 11.8 Å². The zero-order valence-electron chi connectivity index (χ0n) is 18.7. The van der Waals surface area contributed by atoms with Gasteiger partial charge in [0.1, 0.15) is 5.82 Å². The van der Waals surface area contributed by atoms with Crippen LogP contribution in [0, 0.1) is 17.7 Å². The highest BCUT2D eigenvalue weighted by molar-refractivity contribution is 6.30. The van der Waals surface area contributed by atoms with Crippen LogP contribution < -0.4 is 0 Å². The number of hydrogen-bond acceptors (Lipinski definition) is 0. The van der Waals surface area contributed by atoms with Crippen LogP contribution in [-0.2, 0) is 6.42 Å². The van der Waals surface area contributed by atoms with Gasteiger partial charge in [0.25, 0.3) is 0 Å². The van der Waals surface area contributed by atoms with E-state index in [0.29, 0.717) is 16.0 Å². The van der Waals surface area contributed by atoms with E-state index in [0.717, 1.165) is 29.2 Å². The molecule has 0 aromatic heterocycles. The van der Waals surface area contributed by atoms with Gasteiger partial charge in [0.05, 0.1) is 0 Å². The number of hydrogen-bond donors (Lipinski definition) is 0. The second-order valence-electron chi connectivity index (χ2n) is 9.41. The number of unbranched alkanes of at least 4 members (excludes halogenated alkanes) is 2. The van der Waals surface area contributed by atoms with Crippen LogP contribution in [0.15, 0.2) is 54.6 Å². The van der Waals surface area contributed by atoms with Crippen molar-refractivity contribution in [3.63, 3.8) is 0 Å².